The molecule has 0 spiro atoms. The van der Waals surface area contributed by atoms with E-state index in [2.05, 4.69) is 20.8 Å². The van der Waals surface area contributed by atoms with Crippen molar-refractivity contribution >= 4 is 18.3 Å². The Morgan fingerprint density at radius 3 is 2.87 bits per heavy atom. The van der Waals surface area contributed by atoms with E-state index in [1.807, 2.05) is 0 Å². The second kappa shape index (κ2) is 7.06. The maximum atomic E-state index is 13.3. The highest BCUT2D eigenvalue weighted by atomic mass is 35.5. The fourth-order valence-electron chi connectivity index (χ4n) is 2.54. The van der Waals surface area contributed by atoms with Gasteiger partial charge in [-0.25, -0.2) is 8.78 Å². The average Bonchev–Trinajstić information content (AvgIpc) is 2.94. The second-order valence-electron chi connectivity index (χ2n) is 5.32. The van der Waals surface area contributed by atoms with Gasteiger partial charge in [-0.1, -0.05) is 6.07 Å². The van der Waals surface area contributed by atoms with Gasteiger partial charge in [0.05, 0.1) is 6.04 Å². The zero-order valence-corrected chi connectivity index (χ0v) is 13.3. The summed E-state index contributed by atoms with van der Waals surface area (Å²) in [6, 6.07) is 3.13. The van der Waals surface area contributed by atoms with E-state index in [0.29, 0.717) is 17.8 Å². The molecule has 0 saturated carbocycles. The summed E-state index contributed by atoms with van der Waals surface area (Å²) < 4.78 is 26.2. The minimum atomic E-state index is -0.931. The highest BCUT2D eigenvalue weighted by molar-refractivity contribution is 5.94. The number of aromatic amines is 1. The molecule has 3 rings (SSSR count). The molecule has 0 bridgehead atoms. The van der Waals surface area contributed by atoms with Gasteiger partial charge in [-0.15, -0.1) is 12.4 Å². The van der Waals surface area contributed by atoms with Crippen LogP contribution in [0, 0.1) is 11.6 Å². The number of amides is 1. The minimum Gasteiger partial charge on any atom is -0.344 e. The van der Waals surface area contributed by atoms with E-state index < -0.39 is 17.7 Å². The molecule has 5 nitrogen and oxygen atoms in total. The normalized spacial score (nSPS) is 14.6. The fraction of sp³-hybridized carbons (Fsp3) is 0.333. The molecule has 8 heteroatoms. The molecule has 0 radical (unpaired) electrons. The van der Waals surface area contributed by atoms with Crippen molar-refractivity contribution in [3.8, 4) is 0 Å². The van der Waals surface area contributed by atoms with Crippen molar-refractivity contribution in [1.29, 1.82) is 0 Å². The molecule has 2 aromatic rings. The van der Waals surface area contributed by atoms with Crippen LogP contribution >= 0.6 is 12.4 Å². The lowest BCUT2D eigenvalue weighted by atomic mass is 10.1. The quantitative estimate of drug-likeness (QED) is 0.801. The van der Waals surface area contributed by atoms with Crippen LogP contribution in [0.5, 0.6) is 0 Å². The first-order valence-electron chi connectivity index (χ1n) is 7.09. The van der Waals surface area contributed by atoms with Gasteiger partial charge in [0.25, 0.3) is 5.91 Å². The molecule has 0 aliphatic carbocycles. The first-order valence-corrected chi connectivity index (χ1v) is 7.09. The SMILES string of the molecule is CC(NC(=O)c1n[nH]c2c1CNCC2)c1ccc(F)c(F)c1.Cl. The summed E-state index contributed by atoms with van der Waals surface area (Å²) in [4.78, 5) is 12.3. The Morgan fingerprint density at radius 2 is 2.13 bits per heavy atom. The first-order chi connectivity index (χ1) is 10.6. The Morgan fingerprint density at radius 1 is 1.35 bits per heavy atom. The number of nitrogens with one attached hydrogen (secondary N) is 3. The lowest BCUT2D eigenvalue weighted by molar-refractivity contribution is 0.0933. The number of H-pyrrole nitrogens is 1. The molecule has 1 amide bonds. The highest BCUT2D eigenvalue weighted by Gasteiger charge is 2.23. The average molecular weight is 343 g/mol. The number of aromatic nitrogens is 2. The van der Waals surface area contributed by atoms with Crippen molar-refractivity contribution < 1.29 is 13.6 Å². The fourth-order valence-corrected chi connectivity index (χ4v) is 2.54. The number of carbonyl (C=O) groups is 1. The molecule has 1 atom stereocenters. The Balaban J connectivity index is 0.00000192. The smallest absolute Gasteiger partial charge is 0.272 e. The number of hydrogen-bond acceptors (Lipinski definition) is 3. The second-order valence-corrected chi connectivity index (χ2v) is 5.32. The molecule has 2 heterocycles. The number of hydrogen-bond donors (Lipinski definition) is 3. The van der Waals surface area contributed by atoms with Crippen LogP contribution in [-0.2, 0) is 13.0 Å². The third kappa shape index (κ3) is 3.51. The van der Waals surface area contributed by atoms with Crippen molar-refractivity contribution in [2.45, 2.75) is 25.9 Å². The van der Waals surface area contributed by atoms with Crippen LogP contribution < -0.4 is 10.6 Å². The molecule has 1 aliphatic rings. The molecule has 0 saturated heterocycles. The number of nitrogens with zero attached hydrogens (tertiary/aromatic N) is 1. The van der Waals surface area contributed by atoms with E-state index in [0.717, 1.165) is 36.4 Å². The number of rotatable bonds is 3. The Kier molecular flexibility index (Phi) is 5.33. The summed E-state index contributed by atoms with van der Waals surface area (Å²) in [5, 5.41) is 12.9. The number of carbonyl (C=O) groups excluding carboxylic acids is 1. The molecule has 1 unspecified atom stereocenters. The molecule has 1 aromatic carbocycles. The standard InChI is InChI=1S/C15H16F2N4O.ClH/c1-8(9-2-3-11(16)12(17)6-9)19-15(22)14-10-7-18-5-4-13(10)20-21-14;/h2-3,6,8,18H,4-5,7H2,1H3,(H,19,22)(H,20,21);1H. The first kappa shape index (κ1) is 17.4. The van der Waals surface area contributed by atoms with E-state index in [-0.39, 0.29) is 18.3 Å². The topological polar surface area (TPSA) is 69.8 Å². The van der Waals surface area contributed by atoms with E-state index in [4.69, 9.17) is 0 Å². The van der Waals surface area contributed by atoms with Crippen LogP contribution in [0.3, 0.4) is 0 Å². The minimum absolute atomic E-state index is 0. The predicted molar refractivity (Wildman–Crippen MR) is 83.5 cm³/mol. The summed E-state index contributed by atoms with van der Waals surface area (Å²) in [6.45, 7) is 3.15. The molecule has 1 aromatic heterocycles. The maximum absolute atomic E-state index is 13.3. The van der Waals surface area contributed by atoms with Crippen LogP contribution in [0.2, 0.25) is 0 Å². The Hall–Kier alpha value is -1.99. The van der Waals surface area contributed by atoms with Crippen molar-refractivity contribution in [3.63, 3.8) is 0 Å². The van der Waals surface area contributed by atoms with Gasteiger partial charge in [-0.05, 0) is 24.6 Å². The van der Waals surface area contributed by atoms with Crippen LogP contribution in [-0.4, -0.2) is 22.6 Å². The van der Waals surface area contributed by atoms with Gasteiger partial charge in [-0.3, -0.25) is 9.89 Å². The van der Waals surface area contributed by atoms with E-state index >= 15 is 0 Å². The van der Waals surface area contributed by atoms with Gasteiger partial charge in [0, 0.05) is 30.8 Å². The van der Waals surface area contributed by atoms with E-state index in [1.54, 1.807) is 6.92 Å². The predicted octanol–water partition coefficient (Wildman–Crippen LogP) is 2.25. The Labute approximate surface area is 138 Å². The zero-order valence-electron chi connectivity index (χ0n) is 12.5. The number of benzene rings is 1. The monoisotopic (exact) mass is 342 g/mol. The molecule has 3 N–H and O–H groups in total. The molecular formula is C15H17ClF2N4O. The van der Waals surface area contributed by atoms with Crippen molar-refractivity contribution in [1.82, 2.24) is 20.8 Å². The maximum Gasteiger partial charge on any atom is 0.272 e. The summed E-state index contributed by atoms with van der Waals surface area (Å²) in [5.74, 6) is -2.17. The van der Waals surface area contributed by atoms with Gasteiger partial charge in [0.2, 0.25) is 0 Å². The van der Waals surface area contributed by atoms with Crippen LogP contribution in [0.4, 0.5) is 8.78 Å². The summed E-state index contributed by atoms with van der Waals surface area (Å²) >= 11 is 0. The lowest BCUT2D eigenvalue weighted by Gasteiger charge is -2.16. The van der Waals surface area contributed by atoms with Gasteiger partial charge in [0.15, 0.2) is 17.3 Å². The summed E-state index contributed by atoms with van der Waals surface area (Å²) in [5.41, 5.74) is 2.66. The van der Waals surface area contributed by atoms with Gasteiger partial charge >= 0.3 is 0 Å². The van der Waals surface area contributed by atoms with Crippen LogP contribution in [0.1, 0.15) is 40.3 Å². The number of halogens is 3. The van der Waals surface area contributed by atoms with E-state index in [1.165, 1.54) is 6.07 Å². The largest absolute Gasteiger partial charge is 0.344 e. The molecule has 124 valence electrons. The van der Waals surface area contributed by atoms with Gasteiger partial charge in [0.1, 0.15) is 0 Å². The molecule has 23 heavy (non-hydrogen) atoms. The highest BCUT2D eigenvalue weighted by Crippen LogP contribution is 2.19. The van der Waals surface area contributed by atoms with E-state index in [9.17, 15) is 13.6 Å². The summed E-state index contributed by atoms with van der Waals surface area (Å²) in [7, 11) is 0. The van der Waals surface area contributed by atoms with Crippen LogP contribution in [0.25, 0.3) is 0 Å². The van der Waals surface area contributed by atoms with Crippen molar-refractivity contribution in [3.05, 3.63) is 52.3 Å². The van der Waals surface area contributed by atoms with Gasteiger partial charge in [-0.2, -0.15) is 5.10 Å². The third-order valence-electron chi connectivity index (χ3n) is 3.81. The zero-order chi connectivity index (χ0) is 15.7. The Bertz CT molecular complexity index is 719. The number of fused-ring (bicyclic) bond motifs is 1. The van der Waals surface area contributed by atoms with Gasteiger partial charge < -0.3 is 10.6 Å². The third-order valence-corrected chi connectivity index (χ3v) is 3.81. The van der Waals surface area contributed by atoms with Crippen LogP contribution in [0.15, 0.2) is 18.2 Å². The molecule has 0 fully saturated rings. The molecular weight excluding hydrogens is 326 g/mol. The summed E-state index contributed by atoms with van der Waals surface area (Å²) in [6.07, 6.45) is 0.800. The van der Waals surface area contributed by atoms with Crippen molar-refractivity contribution in [2.24, 2.45) is 0 Å². The lowest BCUT2D eigenvalue weighted by Crippen LogP contribution is -2.30. The molecule has 1 aliphatic heterocycles. The van der Waals surface area contributed by atoms with Crippen molar-refractivity contribution in [2.75, 3.05) is 6.54 Å².